The molecule has 0 saturated carbocycles. The molecule has 0 bridgehead atoms. The first kappa shape index (κ1) is 33.7. The van der Waals surface area contributed by atoms with E-state index < -0.39 is 5.91 Å². The molecule has 0 aliphatic heterocycles. The Morgan fingerprint density at radius 2 is 1.83 bits per heavy atom. The lowest BCUT2D eigenvalue weighted by atomic mass is 9.71. The minimum Gasteiger partial charge on any atom is -0.495 e. The number of carbonyl (C=O) groups is 1. The highest BCUT2D eigenvalue weighted by molar-refractivity contribution is 5.93. The molecule has 0 saturated heterocycles. The van der Waals surface area contributed by atoms with Crippen LogP contribution in [0.25, 0.3) is 0 Å². The van der Waals surface area contributed by atoms with E-state index in [0.29, 0.717) is 17.8 Å². The lowest BCUT2D eigenvalue weighted by Crippen LogP contribution is -2.27. The standard InChI is InChI=1S/C32H44N2O5.C2H6/c1-12-20(6)33-31(37-11)29(22(8)36-10)34-30(35)25-14-15-27(38-25)39-26-17-23-24(16-19(26)5)32(9,13-2)21(7)28(23)18(3)4;1-2/h14-18,21,28H,8,12-13H2,1-7,9-11H3,(H,34,35);1-2H3/b31-29-,33-20+;. The predicted octanol–water partition coefficient (Wildman–Crippen LogP) is 9.04. The van der Waals surface area contributed by atoms with Crippen LogP contribution in [0.3, 0.4) is 0 Å². The number of nitrogens with zero attached hydrogens (tertiary/aromatic N) is 1. The van der Waals surface area contributed by atoms with Gasteiger partial charge in [-0.25, -0.2) is 4.99 Å². The zero-order chi connectivity index (χ0) is 31.1. The highest BCUT2D eigenvalue weighted by atomic mass is 16.6. The Hall–Kier alpha value is -3.48. The van der Waals surface area contributed by atoms with Gasteiger partial charge < -0.3 is 23.9 Å². The van der Waals surface area contributed by atoms with E-state index in [1.807, 2.05) is 34.6 Å². The van der Waals surface area contributed by atoms with E-state index in [9.17, 15) is 4.79 Å². The lowest BCUT2D eigenvalue weighted by molar-refractivity contribution is 0.0926. The molecule has 7 heteroatoms. The van der Waals surface area contributed by atoms with Gasteiger partial charge in [0.25, 0.3) is 11.9 Å². The number of amides is 1. The molecule has 3 atom stereocenters. The van der Waals surface area contributed by atoms with Gasteiger partial charge in [0.15, 0.2) is 5.76 Å². The molecule has 0 fully saturated rings. The fourth-order valence-electron chi connectivity index (χ4n) is 5.53. The van der Waals surface area contributed by atoms with E-state index in [4.69, 9.17) is 18.6 Å². The van der Waals surface area contributed by atoms with Crippen molar-refractivity contribution in [1.82, 2.24) is 5.32 Å². The van der Waals surface area contributed by atoms with Crippen LogP contribution < -0.4 is 10.1 Å². The van der Waals surface area contributed by atoms with E-state index in [0.717, 1.165) is 29.9 Å². The third kappa shape index (κ3) is 7.06. The Kier molecular flexibility index (Phi) is 11.9. The van der Waals surface area contributed by atoms with E-state index >= 15 is 0 Å². The summed E-state index contributed by atoms with van der Waals surface area (Å²) >= 11 is 0. The van der Waals surface area contributed by atoms with Gasteiger partial charge in [-0.1, -0.05) is 68.0 Å². The van der Waals surface area contributed by atoms with Crippen LogP contribution in [-0.4, -0.2) is 25.8 Å². The summed E-state index contributed by atoms with van der Waals surface area (Å²) in [6.45, 7) is 25.4. The van der Waals surface area contributed by atoms with E-state index in [-0.39, 0.29) is 34.5 Å². The second-order valence-corrected chi connectivity index (χ2v) is 10.9. The number of fused-ring (bicyclic) bond motifs is 1. The Bertz CT molecular complexity index is 1290. The van der Waals surface area contributed by atoms with E-state index in [2.05, 4.69) is 63.6 Å². The fourth-order valence-corrected chi connectivity index (χ4v) is 5.53. The lowest BCUT2D eigenvalue weighted by Gasteiger charge is -2.32. The van der Waals surface area contributed by atoms with Crippen LogP contribution in [-0.2, 0) is 14.9 Å². The van der Waals surface area contributed by atoms with Crippen molar-refractivity contribution < 1.29 is 23.4 Å². The molecular formula is C34H50N2O5. The van der Waals surface area contributed by atoms with Crippen LogP contribution in [0.4, 0.5) is 0 Å². The first-order valence-electron chi connectivity index (χ1n) is 14.7. The van der Waals surface area contributed by atoms with Crippen LogP contribution in [0.5, 0.6) is 11.7 Å². The van der Waals surface area contributed by atoms with Crippen molar-refractivity contribution in [3.05, 3.63) is 70.6 Å². The van der Waals surface area contributed by atoms with E-state index in [1.165, 1.54) is 25.3 Å². The molecule has 41 heavy (non-hydrogen) atoms. The Balaban J connectivity index is 0.00000287. The summed E-state index contributed by atoms with van der Waals surface area (Å²) < 4.78 is 22.7. The number of hydrogen-bond acceptors (Lipinski definition) is 6. The maximum absolute atomic E-state index is 13.1. The van der Waals surface area contributed by atoms with Gasteiger partial charge in [0.2, 0.25) is 5.88 Å². The van der Waals surface area contributed by atoms with Crippen LogP contribution in [0.15, 0.2) is 57.6 Å². The molecule has 3 unspecified atom stereocenters. The molecule has 1 heterocycles. The van der Waals surface area contributed by atoms with Crippen LogP contribution in [0.2, 0.25) is 0 Å². The molecule has 7 nitrogen and oxygen atoms in total. The summed E-state index contributed by atoms with van der Waals surface area (Å²) in [5.74, 6) is 2.41. The van der Waals surface area contributed by atoms with Gasteiger partial charge in [-0.3, -0.25) is 4.79 Å². The number of aliphatic imine (C=N–C) groups is 1. The molecular weight excluding hydrogens is 516 g/mol. The number of furan rings is 1. The van der Waals surface area contributed by atoms with Crippen LogP contribution in [0.1, 0.15) is 108 Å². The SMILES string of the molecule is C=C(OC)/C(NC(=O)c1ccc(Oc2cc3c(cc2C)C(C)(CC)C(C)C3C(C)C)o1)=C(\N=C(/C)CC)OC.CC. The predicted molar refractivity (Wildman–Crippen MR) is 167 cm³/mol. The number of benzene rings is 1. The number of rotatable bonds is 11. The van der Waals surface area contributed by atoms with Gasteiger partial charge in [0.05, 0.1) is 14.2 Å². The molecule has 226 valence electrons. The van der Waals surface area contributed by atoms with Gasteiger partial charge in [-0.15, -0.1) is 0 Å². The maximum atomic E-state index is 13.1. The van der Waals surface area contributed by atoms with Crippen molar-refractivity contribution >= 4 is 11.6 Å². The average Bonchev–Trinajstić information content (AvgIpc) is 3.52. The van der Waals surface area contributed by atoms with Crippen molar-refractivity contribution in [3.63, 3.8) is 0 Å². The number of hydrogen-bond donors (Lipinski definition) is 1. The highest BCUT2D eigenvalue weighted by Crippen LogP contribution is 2.56. The molecule has 3 rings (SSSR count). The van der Waals surface area contributed by atoms with Gasteiger partial charge >= 0.3 is 0 Å². The summed E-state index contributed by atoms with van der Waals surface area (Å²) in [6.07, 6.45) is 1.81. The molecule has 1 aliphatic rings. The van der Waals surface area contributed by atoms with Crippen molar-refractivity contribution in [1.29, 1.82) is 0 Å². The van der Waals surface area contributed by atoms with Gasteiger partial charge in [0.1, 0.15) is 17.2 Å². The smallest absolute Gasteiger partial charge is 0.291 e. The number of aryl methyl sites for hydroxylation is 1. The van der Waals surface area contributed by atoms with Crippen molar-refractivity contribution in [2.75, 3.05) is 14.2 Å². The monoisotopic (exact) mass is 566 g/mol. The zero-order valence-corrected chi connectivity index (χ0v) is 27.2. The second-order valence-electron chi connectivity index (χ2n) is 10.9. The van der Waals surface area contributed by atoms with Crippen molar-refractivity contribution in [3.8, 4) is 11.7 Å². The summed E-state index contributed by atoms with van der Waals surface area (Å²) in [6, 6.07) is 7.64. The molecule has 1 amide bonds. The number of methoxy groups -OCH3 is 2. The number of nitrogens with one attached hydrogen (secondary N) is 1. The molecule has 0 spiro atoms. The molecule has 1 aromatic carbocycles. The maximum Gasteiger partial charge on any atom is 0.291 e. The summed E-state index contributed by atoms with van der Waals surface area (Å²) in [5, 5.41) is 2.76. The quantitative estimate of drug-likeness (QED) is 0.167. The third-order valence-corrected chi connectivity index (χ3v) is 8.31. The van der Waals surface area contributed by atoms with Gasteiger partial charge in [0, 0.05) is 11.8 Å². The third-order valence-electron chi connectivity index (χ3n) is 8.31. The summed E-state index contributed by atoms with van der Waals surface area (Å²) in [7, 11) is 2.94. The first-order chi connectivity index (χ1) is 19.4. The molecule has 1 aromatic heterocycles. The van der Waals surface area contributed by atoms with Crippen molar-refractivity contribution in [2.24, 2.45) is 16.8 Å². The van der Waals surface area contributed by atoms with Gasteiger partial charge in [-0.2, -0.15) is 0 Å². The van der Waals surface area contributed by atoms with Crippen LogP contribution in [0, 0.1) is 18.8 Å². The Labute approximate surface area is 247 Å². The molecule has 0 radical (unpaired) electrons. The molecule has 1 aliphatic carbocycles. The van der Waals surface area contributed by atoms with Crippen LogP contribution >= 0.6 is 0 Å². The summed E-state index contributed by atoms with van der Waals surface area (Å²) in [5.41, 5.74) is 4.96. The molecule has 1 N–H and O–H groups in total. The van der Waals surface area contributed by atoms with Gasteiger partial charge in [-0.05, 0) is 78.7 Å². The fraction of sp³-hybridized carbons (Fsp3) is 0.529. The first-order valence-corrected chi connectivity index (χ1v) is 14.7. The Morgan fingerprint density at radius 3 is 2.37 bits per heavy atom. The van der Waals surface area contributed by atoms with E-state index in [1.54, 1.807) is 12.1 Å². The second kappa shape index (κ2) is 14.4. The Morgan fingerprint density at radius 1 is 1.17 bits per heavy atom. The number of ether oxygens (including phenoxy) is 3. The zero-order valence-electron chi connectivity index (χ0n) is 27.2. The van der Waals surface area contributed by atoms with Crippen molar-refractivity contribution in [2.45, 2.75) is 93.4 Å². The topological polar surface area (TPSA) is 82.3 Å². The average molecular weight is 567 g/mol. The molecule has 2 aromatic rings. The minimum atomic E-state index is -0.505. The summed E-state index contributed by atoms with van der Waals surface area (Å²) in [4.78, 5) is 17.5. The minimum absolute atomic E-state index is 0.0732. The normalized spacial score (nSPS) is 20.5. The largest absolute Gasteiger partial charge is 0.495 e. The number of carbonyl (C=O) groups excluding carboxylic acids is 1. The highest BCUT2D eigenvalue weighted by Gasteiger charge is 2.46.